The van der Waals surface area contributed by atoms with Crippen LogP contribution in [0.4, 0.5) is 13.2 Å². The molecule has 1 fully saturated rings. The van der Waals surface area contributed by atoms with Gasteiger partial charge in [0.2, 0.25) is 11.8 Å². The molecule has 2 atom stereocenters. The van der Waals surface area contributed by atoms with Crippen molar-refractivity contribution >= 4 is 16.8 Å². The fraction of sp³-hybridized carbons (Fsp3) is 0.857. The molecule has 8 heteroatoms. The summed E-state index contributed by atoms with van der Waals surface area (Å²) in [5, 5.41) is 8.98. The normalized spacial score (nSPS) is 35.0. The van der Waals surface area contributed by atoms with E-state index in [1.165, 1.54) is 0 Å². The predicted molar refractivity (Wildman–Crippen MR) is 43.9 cm³/mol. The number of halogens is 4. The summed E-state index contributed by atoms with van der Waals surface area (Å²) in [6.07, 6.45) is -5.41. The molecule has 86 valence electrons. The Morgan fingerprint density at radius 1 is 1.60 bits per heavy atom. The van der Waals surface area contributed by atoms with Crippen molar-refractivity contribution in [3.05, 3.63) is 10.1 Å². The van der Waals surface area contributed by atoms with Gasteiger partial charge in [-0.25, -0.2) is 0 Å². The molecule has 0 amide bonds. The molecular weight excluding hydrogens is 239 g/mol. The highest BCUT2D eigenvalue weighted by molar-refractivity contribution is 6.65. The summed E-state index contributed by atoms with van der Waals surface area (Å²) in [6.45, 7) is -0.315. The van der Waals surface area contributed by atoms with Crippen LogP contribution in [-0.4, -0.2) is 22.9 Å². The van der Waals surface area contributed by atoms with Crippen molar-refractivity contribution < 1.29 is 22.9 Å². The second-order valence-corrected chi connectivity index (χ2v) is 4.20. The highest BCUT2D eigenvalue weighted by Gasteiger charge is 2.83. The summed E-state index contributed by atoms with van der Waals surface area (Å²) in [6, 6.07) is 0. The summed E-state index contributed by atoms with van der Waals surface area (Å²) in [5.74, 6) is 0. The Kier molecular flexibility index (Phi) is 2.50. The van der Waals surface area contributed by atoms with E-state index < -0.39 is 40.1 Å². The van der Waals surface area contributed by atoms with Crippen LogP contribution in [0.15, 0.2) is 0 Å². The molecule has 0 saturated heterocycles. The Labute approximate surface area is 87.5 Å². The predicted octanol–water partition coefficient (Wildman–Crippen LogP) is 1.99. The quantitative estimate of drug-likeness (QED) is 0.434. The SMILES string of the molecule is C[C@@]1(C(=O)Cl)C[C@]1(C[N+](=O)[O-])C(F)(F)F. The third kappa shape index (κ3) is 1.58. The molecular formula is C7H7ClF3NO3. The van der Waals surface area contributed by atoms with Crippen molar-refractivity contribution in [2.75, 3.05) is 6.54 Å². The van der Waals surface area contributed by atoms with E-state index in [1.54, 1.807) is 0 Å². The lowest BCUT2D eigenvalue weighted by Gasteiger charge is -2.19. The van der Waals surface area contributed by atoms with Crippen molar-refractivity contribution in [3.8, 4) is 0 Å². The summed E-state index contributed by atoms with van der Waals surface area (Å²) < 4.78 is 37.8. The van der Waals surface area contributed by atoms with Gasteiger partial charge in [-0.05, 0) is 18.0 Å². The van der Waals surface area contributed by atoms with Gasteiger partial charge in [-0.3, -0.25) is 14.9 Å². The van der Waals surface area contributed by atoms with Crippen LogP contribution in [0, 0.1) is 20.9 Å². The number of nitro groups is 1. The van der Waals surface area contributed by atoms with Gasteiger partial charge in [-0.15, -0.1) is 0 Å². The molecule has 0 spiro atoms. The molecule has 15 heavy (non-hydrogen) atoms. The van der Waals surface area contributed by atoms with Crippen molar-refractivity contribution in [2.24, 2.45) is 10.8 Å². The zero-order chi connectivity index (χ0) is 12.1. The maximum atomic E-state index is 12.6. The highest BCUT2D eigenvalue weighted by Crippen LogP contribution is 2.71. The number of hydrogen-bond donors (Lipinski definition) is 0. The number of carbonyl (C=O) groups is 1. The summed E-state index contributed by atoms with van der Waals surface area (Å²) >= 11 is 5.03. The van der Waals surface area contributed by atoms with Crippen LogP contribution in [0.5, 0.6) is 0 Å². The van der Waals surface area contributed by atoms with Crippen molar-refractivity contribution in [3.63, 3.8) is 0 Å². The third-order valence-corrected chi connectivity index (χ3v) is 3.38. The second-order valence-electron chi connectivity index (χ2n) is 3.85. The van der Waals surface area contributed by atoms with Gasteiger partial charge in [0.1, 0.15) is 5.41 Å². The van der Waals surface area contributed by atoms with Gasteiger partial charge in [-0.2, -0.15) is 13.2 Å². The second kappa shape index (κ2) is 3.07. The van der Waals surface area contributed by atoms with Crippen LogP contribution < -0.4 is 0 Å². The van der Waals surface area contributed by atoms with E-state index in [9.17, 15) is 28.1 Å². The minimum absolute atomic E-state index is 0.618. The van der Waals surface area contributed by atoms with Crippen LogP contribution in [0.1, 0.15) is 13.3 Å². The lowest BCUT2D eigenvalue weighted by Crippen LogP contribution is -2.38. The van der Waals surface area contributed by atoms with Gasteiger partial charge >= 0.3 is 6.18 Å². The zero-order valence-electron chi connectivity index (χ0n) is 7.60. The minimum Gasteiger partial charge on any atom is -0.281 e. The van der Waals surface area contributed by atoms with E-state index in [-0.39, 0.29) is 0 Å². The van der Waals surface area contributed by atoms with Gasteiger partial charge in [-0.1, -0.05) is 6.92 Å². The number of rotatable bonds is 3. The molecule has 0 aromatic rings. The van der Waals surface area contributed by atoms with Gasteiger partial charge < -0.3 is 0 Å². The molecule has 0 aliphatic heterocycles. The van der Waals surface area contributed by atoms with Crippen molar-refractivity contribution in [1.29, 1.82) is 0 Å². The average Bonchev–Trinajstić information content (AvgIpc) is 2.56. The molecule has 0 heterocycles. The molecule has 4 nitrogen and oxygen atoms in total. The number of alkyl halides is 3. The smallest absolute Gasteiger partial charge is 0.281 e. The van der Waals surface area contributed by atoms with Crippen LogP contribution in [0.2, 0.25) is 0 Å². The Hall–Kier alpha value is -0.850. The molecule has 1 aliphatic carbocycles. The molecule has 1 rings (SSSR count). The first-order valence-corrected chi connectivity index (χ1v) is 4.33. The first-order valence-electron chi connectivity index (χ1n) is 3.95. The van der Waals surface area contributed by atoms with Crippen LogP contribution in [0.3, 0.4) is 0 Å². The van der Waals surface area contributed by atoms with Gasteiger partial charge in [0.05, 0.1) is 5.41 Å². The van der Waals surface area contributed by atoms with Gasteiger partial charge in [0, 0.05) is 4.92 Å². The van der Waals surface area contributed by atoms with Gasteiger partial charge in [0.25, 0.3) is 0 Å². The maximum absolute atomic E-state index is 12.6. The van der Waals surface area contributed by atoms with E-state index in [1.807, 2.05) is 0 Å². The molecule has 1 aliphatic rings. The largest absolute Gasteiger partial charge is 0.401 e. The first-order chi connectivity index (χ1) is 6.57. The lowest BCUT2D eigenvalue weighted by atomic mass is 9.94. The minimum atomic E-state index is -4.79. The molecule has 0 N–H and O–H groups in total. The lowest BCUT2D eigenvalue weighted by molar-refractivity contribution is -0.503. The van der Waals surface area contributed by atoms with E-state index in [0.29, 0.717) is 0 Å². The molecule has 1 saturated carbocycles. The molecule has 0 aromatic heterocycles. The number of carbonyl (C=O) groups excluding carboxylic acids is 1. The standard InChI is InChI=1S/C7H7ClF3NO3/c1-5(4(8)13)2-6(5,3-12(14)15)7(9,10)11/h2-3H2,1H3/t5-,6+/m0/s1. The maximum Gasteiger partial charge on any atom is 0.401 e. The van der Waals surface area contributed by atoms with Crippen molar-refractivity contribution in [2.45, 2.75) is 19.5 Å². The van der Waals surface area contributed by atoms with E-state index in [0.717, 1.165) is 6.92 Å². The fourth-order valence-electron chi connectivity index (χ4n) is 1.77. The summed E-state index contributed by atoms with van der Waals surface area (Å²) in [4.78, 5) is 19.9. The summed E-state index contributed by atoms with van der Waals surface area (Å²) in [7, 11) is 0. The first kappa shape index (κ1) is 12.2. The van der Waals surface area contributed by atoms with E-state index >= 15 is 0 Å². The Balaban J connectivity index is 3.05. The van der Waals surface area contributed by atoms with Crippen LogP contribution in [0.25, 0.3) is 0 Å². The molecule has 0 unspecified atom stereocenters. The van der Waals surface area contributed by atoms with Crippen LogP contribution in [-0.2, 0) is 4.79 Å². The molecule has 0 bridgehead atoms. The average molecular weight is 246 g/mol. The monoisotopic (exact) mass is 245 g/mol. The fourth-order valence-corrected chi connectivity index (χ4v) is 2.02. The third-order valence-electron chi connectivity index (χ3n) is 2.96. The summed E-state index contributed by atoms with van der Waals surface area (Å²) in [5.41, 5.74) is -4.46. The Bertz CT molecular complexity index is 332. The van der Waals surface area contributed by atoms with E-state index in [4.69, 9.17) is 11.6 Å². The Morgan fingerprint density at radius 3 is 2.27 bits per heavy atom. The van der Waals surface area contributed by atoms with Crippen LogP contribution >= 0.6 is 11.6 Å². The molecule has 0 radical (unpaired) electrons. The van der Waals surface area contributed by atoms with Crippen molar-refractivity contribution in [1.82, 2.24) is 0 Å². The molecule has 0 aromatic carbocycles. The van der Waals surface area contributed by atoms with Gasteiger partial charge in [0.15, 0.2) is 0 Å². The number of hydrogen-bond acceptors (Lipinski definition) is 3. The van der Waals surface area contributed by atoms with E-state index in [2.05, 4.69) is 0 Å². The number of nitrogens with zero attached hydrogens (tertiary/aromatic N) is 1. The Morgan fingerprint density at radius 2 is 2.07 bits per heavy atom. The zero-order valence-corrected chi connectivity index (χ0v) is 8.35. The highest BCUT2D eigenvalue weighted by atomic mass is 35.5. The topological polar surface area (TPSA) is 60.2 Å².